The van der Waals surface area contributed by atoms with Gasteiger partial charge in [-0.1, -0.05) is 19.1 Å². The number of aliphatic hydroxyl groups excluding tert-OH is 1. The van der Waals surface area contributed by atoms with E-state index in [0.717, 1.165) is 23.6 Å². The van der Waals surface area contributed by atoms with Gasteiger partial charge in [0.1, 0.15) is 13.2 Å². The summed E-state index contributed by atoms with van der Waals surface area (Å²) in [5, 5.41) is 12.5. The van der Waals surface area contributed by atoms with Crippen LogP contribution in [-0.2, 0) is 0 Å². The van der Waals surface area contributed by atoms with E-state index in [1.165, 1.54) is 0 Å². The first-order valence-electron chi connectivity index (χ1n) is 6.09. The van der Waals surface area contributed by atoms with E-state index in [2.05, 4.69) is 12.2 Å². The smallest absolute Gasteiger partial charge is 0.166 e. The molecule has 0 radical (unpaired) electrons. The Morgan fingerprint density at radius 1 is 1.35 bits per heavy atom. The van der Waals surface area contributed by atoms with Crippen LogP contribution < -0.4 is 14.8 Å². The second-order valence-corrected chi connectivity index (χ2v) is 3.99. The van der Waals surface area contributed by atoms with Crippen LogP contribution in [0.4, 0.5) is 0 Å². The van der Waals surface area contributed by atoms with Gasteiger partial charge in [0, 0.05) is 18.2 Å². The molecule has 4 heteroatoms. The monoisotopic (exact) mass is 237 g/mol. The lowest BCUT2D eigenvalue weighted by Crippen LogP contribution is -2.24. The van der Waals surface area contributed by atoms with Crippen molar-refractivity contribution in [3.05, 3.63) is 23.8 Å². The SMILES string of the molecule is CCN[C@@H](CCO)c1cccc2c1OCCO2. The van der Waals surface area contributed by atoms with Crippen LogP contribution in [-0.4, -0.2) is 31.5 Å². The number of nitrogens with one attached hydrogen (secondary N) is 1. The van der Waals surface area contributed by atoms with Crippen molar-refractivity contribution in [1.29, 1.82) is 0 Å². The van der Waals surface area contributed by atoms with Crippen LogP contribution in [0.5, 0.6) is 11.5 Å². The van der Waals surface area contributed by atoms with Crippen LogP contribution in [0.15, 0.2) is 18.2 Å². The minimum atomic E-state index is 0.113. The molecule has 1 heterocycles. The Balaban J connectivity index is 2.28. The number of para-hydroxylation sites is 1. The Labute approximate surface area is 102 Å². The Morgan fingerprint density at radius 2 is 2.18 bits per heavy atom. The highest BCUT2D eigenvalue weighted by Crippen LogP contribution is 2.37. The number of rotatable bonds is 5. The molecule has 2 rings (SSSR count). The molecule has 1 aromatic carbocycles. The molecule has 0 amide bonds. The van der Waals surface area contributed by atoms with E-state index >= 15 is 0 Å². The maximum atomic E-state index is 9.12. The number of aliphatic hydroxyl groups is 1. The van der Waals surface area contributed by atoms with Crippen molar-refractivity contribution in [1.82, 2.24) is 5.32 Å². The fraction of sp³-hybridized carbons (Fsp3) is 0.538. The maximum absolute atomic E-state index is 9.12. The highest BCUT2D eigenvalue weighted by atomic mass is 16.6. The van der Waals surface area contributed by atoms with E-state index in [-0.39, 0.29) is 12.6 Å². The first-order valence-corrected chi connectivity index (χ1v) is 6.09. The third kappa shape index (κ3) is 2.70. The van der Waals surface area contributed by atoms with Gasteiger partial charge in [-0.15, -0.1) is 0 Å². The summed E-state index contributed by atoms with van der Waals surface area (Å²) in [6.45, 7) is 4.25. The van der Waals surface area contributed by atoms with Gasteiger partial charge in [-0.3, -0.25) is 0 Å². The van der Waals surface area contributed by atoms with Crippen molar-refractivity contribution in [2.45, 2.75) is 19.4 Å². The van der Waals surface area contributed by atoms with Crippen LogP contribution >= 0.6 is 0 Å². The zero-order chi connectivity index (χ0) is 12.1. The second kappa shape index (κ2) is 5.89. The average molecular weight is 237 g/mol. The Kier molecular flexibility index (Phi) is 4.23. The first-order chi connectivity index (χ1) is 8.36. The summed E-state index contributed by atoms with van der Waals surface area (Å²) >= 11 is 0. The van der Waals surface area contributed by atoms with Crippen molar-refractivity contribution in [3.63, 3.8) is 0 Å². The van der Waals surface area contributed by atoms with Gasteiger partial charge in [0.15, 0.2) is 11.5 Å². The Bertz CT molecular complexity index is 362. The fourth-order valence-corrected chi connectivity index (χ4v) is 2.11. The molecule has 0 saturated carbocycles. The summed E-state index contributed by atoms with van der Waals surface area (Å²) < 4.78 is 11.2. The fourth-order valence-electron chi connectivity index (χ4n) is 2.11. The molecule has 0 unspecified atom stereocenters. The largest absolute Gasteiger partial charge is 0.486 e. The summed E-state index contributed by atoms with van der Waals surface area (Å²) in [4.78, 5) is 0. The molecular formula is C13H19NO3. The highest BCUT2D eigenvalue weighted by Gasteiger charge is 2.20. The van der Waals surface area contributed by atoms with E-state index in [9.17, 15) is 0 Å². The summed E-state index contributed by atoms with van der Waals surface area (Å²) in [7, 11) is 0. The quantitative estimate of drug-likeness (QED) is 0.814. The molecule has 0 spiro atoms. The number of ether oxygens (including phenoxy) is 2. The second-order valence-electron chi connectivity index (χ2n) is 3.99. The molecule has 1 aliphatic heterocycles. The highest BCUT2D eigenvalue weighted by molar-refractivity contribution is 5.48. The number of benzene rings is 1. The summed E-state index contributed by atoms with van der Waals surface area (Å²) in [6.07, 6.45) is 0.674. The van der Waals surface area contributed by atoms with E-state index < -0.39 is 0 Å². The topological polar surface area (TPSA) is 50.7 Å². The van der Waals surface area contributed by atoms with E-state index in [1.807, 2.05) is 18.2 Å². The van der Waals surface area contributed by atoms with Crippen molar-refractivity contribution in [2.24, 2.45) is 0 Å². The number of fused-ring (bicyclic) bond motifs is 1. The molecule has 1 aliphatic rings. The van der Waals surface area contributed by atoms with Crippen LogP contribution in [0.3, 0.4) is 0 Å². The molecule has 2 N–H and O–H groups in total. The molecule has 94 valence electrons. The minimum Gasteiger partial charge on any atom is -0.486 e. The molecule has 0 bridgehead atoms. The molecule has 4 nitrogen and oxygen atoms in total. The van der Waals surface area contributed by atoms with Crippen LogP contribution in [0.2, 0.25) is 0 Å². The zero-order valence-corrected chi connectivity index (χ0v) is 10.1. The molecule has 1 atom stereocenters. The summed E-state index contributed by atoms with van der Waals surface area (Å²) in [5.41, 5.74) is 1.07. The van der Waals surface area contributed by atoms with Gasteiger partial charge in [-0.25, -0.2) is 0 Å². The first kappa shape index (κ1) is 12.2. The Hall–Kier alpha value is -1.26. The van der Waals surface area contributed by atoms with Crippen LogP contribution in [0.1, 0.15) is 24.9 Å². The van der Waals surface area contributed by atoms with Crippen molar-refractivity contribution >= 4 is 0 Å². The van der Waals surface area contributed by atoms with Gasteiger partial charge in [-0.2, -0.15) is 0 Å². The number of hydrogen-bond donors (Lipinski definition) is 2. The third-order valence-electron chi connectivity index (χ3n) is 2.84. The van der Waals surface area contributed by atoms with E-state index in [0.29, 0.717) is 19.6 Å². The number of hydrogen-bond acceptors (Lipinski definition) is 4. The van der Waals surface area contributed by atoms with Gasteiger partial charge in [0.25, 0.3) is 0 Å². The normalized spacial score (nSPS) is 15.6. The molecule has 17 heavy (non-hydrogen) atoms. The third-order valence-corrected chi connectivity index (χ3v) is 2.84. The lowest BCUT2D eigenvalue weighted by atomic mass is 10.0. The van der Waals surface area contributed by atoms with Crippen molar-refractivity contribution in [2.75, 3.05) is 26.4 Å². The van der Waals surface area contributed by atoms with Crippen molar-refractivity contribution in [3.8, 4) is 11.5 Å². The van der Waals surface area contributed by atoms with Gasteiger partial charge in [0.05, 0.1) is 0 Å². The maximum Gasteiger partial charge on any atom is 0.166 e. The molecule has 0 fully saturated rings. The molecule has 0 aliphatic carbocycles. The van der Waals surface area contributed by atoms with Gasteiger partial charge >= 0.3 is 0 Å². The van der Waals surface area contributed by atoms with E-state index in [4.69, 9.17) is 14.6 Å². The van der Waals surface area contributed by atoms with E-state index in [1.54, 1.807) is 0 Å². The molecule has 0 saturated heterocycles. The summed E-state index contributed by atoms with van der Waals surface area (Å²) in [5.74, 6) is 1.62. The van der Waals surface area contributed by atoms with Gasteiger partial charge < -0.3 is 19.9 Å². The molecule has 0 aromatic heterocycles. The average Bonchev–Trinajstić information content (AvgIpc) is 2.38. The minimum absolute atomic E-state index is 0.113. The van der Waals surface area contributed by atoms with Crippen molar-refractivity contribution < 1.29 is 14.6 Å². The molecule has 1 aromatic rings. The van der Waals surface area contributed by atoms with Gasteiger partial charge in [-0.05, 0) is 19.0 Å². The predicted molar refractivity (Wildman–Crippen MR) is 65.6 cm³/mol. The standard InChI is InChI=1S/C13H19NO3/c1-2-14-11(6-7-15)10-4-3-5-12-13(10)17-9-8-16-12/h3-5,11,14-15H,2,6-9H2,1H3/t11-/m0/s1. The lowest BCUT2D eigenvalue weighted by molar-refractivity contribution is 0.167. The summed E-state index contributed by atoms with van der Waals surface area (Å²) in [6, 6.07) is 6.02. The van der Waals surface area contributed by atoms with Crippen LogP contribution in [0, 0.1) is 0 Å². The molecular weight excluding hydrogens is 218 g/mol. The Morgan fingerprint density at radius 3 is 2.94 bits per heavy atom. The van der Waals surface area contributed by atoms with Crippen LogP contribution in [0.25, 0.3) is 0 Å². The predicted octanol–water partition coefficient (Wildman–Crippen LogP) is 1.49. The lowest BCUT2D eigenvalue weighted by Gasteiger charge is -2.25. The zero-order valence-electron chi connectivity index (χ0n) is 10.1. The van der Waals surface area contributed by atoms with Gasteiger partial charge in [0.2, 0.25) is 0 Å².